The highest BCUT2D eigenvalue weighted by Gasteiger charge is 2.25. The van der Waals surface area contributed by atoms with Gasteiger partial charge in [0.15, 0.2) is 0 Å². The summed E-state index contributed by atoms with van der Waals surface area (Å²) in [6.07, 6.45) is 1.94. The van der Waals surface area contributed by atoms with E-state index in [4.69, 9.17) is 4.74 Å². The first-order valence-electron chi connectivity index (χ1n) is 9.45. The van der Waals surface area contributed by atoms with Crippen molar-refractivity contribution in [3.8, 4) is 0 Å². The van der Waals surface area contributed by atoms with Crippen molar-refractivity contribution in [2.75, 3.05) is 25.1 Å². The highest BCUT2D eigenvalue weighted by molar-refractivity contribution is 5.96. The van der Waals surface area contributed by atoms with E-state index >= 15 is 0 Å². The van der Waals surface area contributed by atoms with Gasteiger partial charge in [0.2, 0.25) is 0 Å². The van der Waals surface area contributed by atoms with E-state index in [0.29, 0.717) is 5.69 Å². The molecule has 152 valence electrons. The van der Waals surface area contributed by atoms with Gasteiger partial charge in [0, 0.05) is 24.7 Å². The summed E-state index contributed by atoms with van der Waals surface area (Å²) < 4.78 is 4.73. The van der Waals surface area contributed by atoms with Gasteiger partial charge < -0.3 is 15.0 Å². The molecule has 1 heterocycles. The zero-order valence-electron chi connectivity index (χ0n) is 16.2. The molecule has 0 bridgehead atoms. The van der Waals surface area contributed by atoms with Crippen LogP contribution in [0.25, 0.3) is 0 Å². The smallest absolute Gasteiger partial charge is 0.307 e. The van der Waals surface area contributed by atoms with Gasteiger partial charge in [-0.1, -0.05) is 30.3 Å². The van der Waals surface area contributed by atoms with E-state index in [-0.39, 0.29) is 17.7 Å². The summed E-state index contributed by atoms with van der Waals surface area (Å²) in [7, 11) is 1.28. The van der Waals surface area contributed by atoms with Crippen LogP contribution in [0.3, 0.4) is 0 Å². The number of hydrogen-bond donors (Lipinski definition) is 1. The Balaban J connectivity index is 1.84. The monoisotopic (exact) mass is 397 g/mol. The molecule has 1 amide bonds. The maximum Gasteiger partial charge on any atom is 0.307 e. The third-order valence-electron chi connectivity index (χ3n) is 4.99. The van der Waals surface area contributed by atoms with Crippen molar-refractivity contribution in [2.24, 2.45) is 0 Å². The van der Waals surface area contributed by atoms with Crippen LogP contribution >= 0.6 is 0 Å². The average molecular weight is 397 g/mol. The number of nitrogens with zero attached hydrogens (tertiary/aromatic N) is 2. The molecule has 0 unspecified atom stereocenters. The third kappa shape index (κ3) is 4.90. The summed E-state index contributed by atoms with van der Waals surface area (Å²) in [5.74, 6) is -0.951. The summed E-state index contributed by atoms with van der Waals surface area (Å²) in [6.45, 7) is 1.53. The zero-order chi connectivity index (χ0) is 20.8. The molecule has 3 rings (SSSR count). The standard InChI is InChI=1S/C21H23N3O5/c1-29-20(25)14-17(15-7-3-2-4-8-15)22-21(26)16-9-10-18(19(13-16)24(27)28)23-11-5-6-12-23/h2-4,7-10,13,17H,5-6,11-12,14H2,1H3,(H,22,26)/t17-/m0/s1. The number of nitrogens with one attached hydrogen (secondary N) is 1. The molecule has 1 saturated heterocycles. The van der Waals surface area contributed by atoms with Crippen molar-refractivity contribution in [1.29, 1.82) is 0 Å². The van der Waals surface area contributed by atoms with Gasteiger partial charge in [0.1, 0.15) is 5.69 Å². The van der Waals surface area contributed by atoms with Gasteiger partial charge in [-0.05, 0) is 30.5 Å². The lowest BCUT2D eigenvalue weighted by Gasteiger charge is -2.20. The first-order chi connectivity index (χ1) is 14.0. The maximum atomic E-state index is 12.8. The summed E-state index contributed by atoms with van der Waals surface area (Å²) in [6, 6.07) is 12.9. The second-order valence-electron chi connectivity index (χ2n) is 6.87. The summed E-state index contributed by atoms with van der Waals surface area (Å²) >= 11 is 0. The Bertz CT molecular complexity index is 894. The second kappa shape index (κ2) is 9.18. The molecule has 2 aromatic carbocycles. The van der Waals surface area contributed by atoms with E-state index < -0.39 is 22.8 Å². The molecule has 1 aliphatic heterocycles. The number of ether oxygens (including phenoxy) is 1. The maximum absolute atomic E-state index is 12.8. The number of nitro benzene ring substituents is 1. The number of esters is 1. The van der Waals surface area contributed by atoms with Gasteiger partial charge in [0.25, 0.3) is 11.6 Å². The topological polar surface area (TPSA) is 102 Å². The first-order valence-corrected chi connectivity index (χ1v) is 9.45. The van der Waals surface area contributed by atoms with Crippen molar-refractivity contribution in [1.82, 2.24) is 5.32 Å². The third-order valence-corrected chi connectivity index (χ3v) is 4.99. The number of anilines is 1. The molecule has 1 fully saturated rings. The van der Waals surface area contributed by atoms with Gasteiger partial charge in [-0.3, -0.25) is 19.7 Å². The van der Waals surface area contributed by atoms with Crippen molar-refractivity contribution >= 4 is 23.3 Å². The number of methoxy groups -OCH3 is 1. The number of benzene rings is 2. The van der Waals surface area contributed by atoms with Crippen LogP contribution in [0.1, 0.15) is 41.2 Å². The lowest BCUT2D eigenvalue weighted by Crippen LogP contribution is -2.30. The van der Waals surface area contributed by atoms with Crippen LogP contribution < -0.4 is 10.2 Å². The second-order valence-corrected chi connectivity index (χ2v) is 6.87. The van der Waals surface area contributed by atoms with Gasteiger partial charge in [-0.15, -0.1) is 0 Å². The minimum absolute atomic E-state index is 0.0415. The Kier molecular flexibility index (Phi) is 6.43. The van der Waals surface area contributed by atoms with Gasteiger partial charge in [0.05, 0.1) is 24.5 Å². The first kappa shape index (κ1) is 20.3. The van der Waals surface area contributed by atoms with Crippen LogP contribution in [0.4, 0.5) is 11.4 Å². The quantitative estimate of drug-likeness (QED) is 0.437. The van der Waals surface area contributed by atoms with Crippen LogP contribution in [0.15, 0.2) is 48.5 Å². The highest BCUT2D eigenvalue weighted by Crippen LogP contribution is 2.32. The van der Waals surface area contributed by atoms with E-state index in [1.807, 2.05) is 11.0 Å². The van der Waals surface area contributed by atoms with E-state index in [0.717, 1.165) is 31.5 Å². The van der Waals surface area contributed by atoms with E-state index in [9.17, 15) is 19.7 Å². The molecule has 0 aliphatic carbocycles. The van der Waals surface area contributed by atoms with Crippen molar-refractivity contribution < 1.29 is 19.2 Å². The lowest BCUT2D eigenvalue weighted by molar-refractivity contribution is -0.384. The fourth-order valence-corrected chi connectivity index (χ4v) is 3.47. The Morgan fingerprint density at radius 3 is 2.48 bits per heavy atom. The highest BCUT2D eigenvalue weighted by atomic mass is 16.6. The van der Waals surface area contributed by atoms with Gasteiger partial charge in [-0.2, -0.15) is 0 Å². The van der Waals surface area contributed by atoms with E-state index in [1.54, 1.807) is 36.4 Å². The number of rotatable bonds is 7. The largest absolute Gasteiger partial charge is 0.469 e. The normalized spacial score (nSPS) is 14.3. The van der Waals surface area contributed by atoms with Crippen LogP contribution in [0.2, 0.25) is 0 Å². The zero-order valence-corrected chi connectivity index (χ0v) is 16.2. The molecule has 2 aromatic rings. The Morgan fingerprint density at radius 2 is 1.86 bits per heavy atom. The molecular formula is C21H23N3O5. The molecule has 1 atom stereocenters. The van der Waals surface area contributed by atoms with Crippen LogP contribution in [-0.4, -0.2) is 37.0 Å². The van der Waals surface area contributed by atoms with Gasteiger partial charge in [-0.25, -0.2) is 0 Å². The number of carbonyl (C=O) groups excluding carboxylic acids is 2. The number of carbonyl (C=O) groups is 2. The minimum atomic E-state index is -0.603. The molecule has 29 heavy (non-hydrogen) atoms. The number of hydrogen-bond acceptors (Lipinski definition) is 6. The number of nitro groups is 1. The Hall–Kier alpha value is -3.42. The molecule has 1 aliphatic rings. The fraction of sp³-hybridized carbons (Fsp3) is 0.333. The number of amides is 1. The van der Waals surface area contributed by atoms with Gasteiger partial charge >= 0.3 is 5.97 Å². The van der Waals surface area contributed by atoms with Crippen molar-refractivity contribution in [3.63, 3.8) is 0 Å². The molecule has 8 nitrogen and oxygen atoms in total. The molecule has 1 N–H and O–H groups in total. The molecule has 0 spiro atoms. The Morgan fingerprint density at radius 1 is 1.17 bits per heavy atom. The fourth-order valence-electron chi connectivity index (χ4n) is 3.47. The predicted molar refractivity (Wildman–Crippen MR) is 108 cm³/mol. The summed E-state index contributed by atoms with van der Waals surface area (Å²) in [5, 5.41) is 14.4. The summed E-state index contributed by atoms with van der Waals surface area (Å²) in [4.78, 5) is 37.7. The van der Waals surface area contributed by atoms with Crippen LogP contribution in [0, 0.1) is 10.1 Å². The van der Waals surface area contributed by atoms with Crippen LogP contribution in [0.5, 0.6) is 0 Å². The summed E-state index contributed by atoms with van der Waals surface area (Å²) in [5.41, 5.74) is 1.35. The average Bonchev–Trinajstić information content (AvgIpc) is 3.28. The molecule has 0 radical (unpaired) electrons. The van der Waals surface area contributed by atoms with Crippen molar-refractivity contribution in [3.05, 3.63) is 69.8 Å². The molecule has 0 saturated carbocycles. The Labute approximate surface area is 168 Å². The van der Waals surface area contributed by atoms with E-state index in [2.05, 4.69) is 5.32 Å². The molecular weight excluding hydrogens is 374 g/mol. The molecule has 8 heteroatoms. The molecule has 0 aromatic heterocycles. The SMILES string of the molecule is COC(=O)C[C@H](NC(=O)c1ccc(N2CCCC2)c([N+](=O)[O-])c1)c1ccccc1. The lowest BCUT2D eigenvalue weighted by atomic mass is 10.0. The minimum Gasteiger partial charge on any atom is -0.469 e. The van der Waals surface area contributed by atoms with Crippen molar-refractivity contribution in [2.45, 2.75) is 25.3 Å². The van der Waals surface area contributed by atoms with E-state index in [1.165, 1.54) is 13.2 Å². The van der Waals surface area contributed by atoms with Crippen LogP contribution in [-0.2, 0) is 9.53 Å². The predicted octanol–water partition coefficient (Wildman–Crippen LogP) is 3.23.